The molecule has 0 amide bonds. The van der Waals surface area contributed by atoms with Crippen molar-refractivity contribution in [2.45, 2.75) is 57.5 Å². The molecule has 1 fully saturated rings. The highest BCUT2D eigenvalue weighted by molar-refractivity contribution is 6.32. The fourth-order valence-electron chi connectivity index (χ4n) is 4.23. The Labute approximate surface area is 174 Å². The highest BCUT2D eigenvalue weighted by Gasteiger charge is 2.23. The lowest BCUT2D eigenvalue weighted by Crippen LogP contribution is -2.13. The molecule has 0 N–H and O–H groups in total. The second-order valence-corrected chi connectivity index (χ2v) is 8.26. The number of benzene rings is 2. The first-order valence-electron chi connectivity index (χ1n) is 10.1. The molecule has 0 saturated heterocycles. The zero-order valence-corrected chi connectivity index (χ0v) is 17.2. The van der Waals surface area contributed by atoms with Crippen LogP contribution in [0.25, 0.3) is 17.2 Å². The predicted molar refractivity (Wildman–Crippen MR) is 112 cm³/mol. The number of allylic oxidation sites excluding steroid dienone is 1. The molecule has 0 aliphatic heterocycles. The Morgan fingerprint density at radius 1 is 1.00 bits per heavy atom. The van der Waals surface area contributed by atoms with Gasteiger partial charge in [0.15, 0.2) is 0 Å². The van der Waals surface area contributed by atoms with Crippen LogP contribution in [-0.4, -0.2) is 6.18 Å². The molecular weight excluding hydrogens is 400 g/mol. The quantitative estimate of drug-likeness (QED) is 0.420. The Morgan fingerprint density at radius 2 is 1.66 bits per heavy atom. The lowest BCUT2D eigenvalue weighted by molar-refractivity contribution is -0.0790. The van der Waals surface area contributed by atoms with E-state index in [9.17, 15) is 17.6 Å². The van der Waals surface area contributed by atoms with Crippen LogP contribution in [0.3, 0.4) is 0 Å². The molecule has 0 radical (unpaired) electrons. The average molecular weight is 425 g/mol. The van der Waals surface area contributed by atoms with Crippen molar-refractivity contribution in [3.8, 4) is 11.1 Å². The van der Waals surface area contributed by atoms with Gasteiger partial charge in [0.05, 0.1) is 5.02 Å². The third kappa shape index (κ3) is 5.85. The summed E-state index contributed by atoms with van der Waals surface area (Å²) in [7, 11) is 0. The van der Waals surface area contributed by atoms with Crippen molar-refractivity contribution in [1.82, 2.24) is 0 Å². The van der Waals surface area contributed by atoms with Crippen molar-refractivity contribution >= 4 is 17.7 Å². The largest absolute Gasteiger partial charge is 0.409 e. The van der Waals surface area contributed by atoms with E-state index < -0.39 is 12.0 Å². The van der Waals surface area contributed by atoms with Crippen LogP contribution in [0.5, 0.6) is 0 Å². The van der Waals surface area contributed by atoms with E-state index in [2.05, 4.69) is 19.1 Å². The Hall–Kier alpha value is -1.81. The average Bonchev–Trinajstić information content (AvgIpc) is 2.67. The molecule has 1 aliphatic rings. The topological polar surface area (TPSA) is 0 Å². The van der Waals surface area contributed by atoms with Gasteiger partial charge in [0.1, 0.15) is 5.82 Å². The summed E-state index contributed by atoms with van der Waals surface area (Å²) in [4.78, 5) is 0. The summed E-state index contributed by atoms with van der Waals surface area (Å²) in [5.74, 6) is 0.643. The number of halogens is 5. The molecule has 0 heterocycles. The summed E-state index contributed by atoms with van der Waals surface area (Å²) in [5.41, 5.74) is 2.38. The highest BCUT2D eigenvalue weighted by Crippen LogP contribution is 2.38. The van der Waals surface area contributed by atoms with Crippen LogP contribution in [0.2, 0.25) is 5.02 Å². The summed E-state index contributed by atoms with van der Waals surface area (Å²) in [6.07, 6.45) is 3.64. The van der Waals surface area contributed by atoms with E-state index in [1.165, 1.54) is 56.2 Å². The highest BCUT2D eigenvalue weighted by atomic mass is 35.5. The van der Waals surface area contributed by atoms with Crippen LogP contribution in [0.1, 0.15) is 62.5 Å². The molecule has 2 aromatic rings. The SMILES string of the molecule is CCCC1CCC(c2ccc(-c3cc(F)c(C=CC(F)(F)F)c(Cl)c3)cc2)CC1. The van der Waals surface area contributed by atoms with Crippen LogP contribution in [0, 0.1) is 11.7 Å². The van der Waals surface area contributed by atoms with Crippen molar-refractivity contribution < 1.29 is 17.6 Å². The third-order valence-corrected chi connectivity index (χ3v) is 6.09. The van der Waals surface area contributed by atoms with E-state index in [4.69, 9.17) is 11.6 Å². The van der Waals surface area contributed by atoms with Gasteiger partial charge >= 0.3 is 6.18 Å². The summed E-state index contributed by atoms with van der Waals surface area (Å²) in [6.45, 7) is 2.24. The van der Waals surface area contributed by atoms with E-state index in [1.807, 2.05) is 12.1 Å². The molecule has 0 aromatic heterocycles. The number of hydrogen-bond acceptors (Lipinski definition) is 0. The van der Waals surface area contributed by atoms with E-state index in [1.54, 1.807) is 0 Å². The first kappa shape index (κ1) is 21.9. The molecule has 5 heteroatoms. The van der Waals surface area contributed by atoms with Gasteiger partial charge in [0.25, 0.3) is 0 Å². The van der Waals surface area contributed by atoms with Crippen LogP contribution >= 0.6 is 11.6 Å². The van der Waals surface area contributed by atoms with E-state index in [-0.39, 0.29) is 16.7 Å². The maximum absolute atomic E-state index is 14.3. The smallest absolute Gasteiger partial charge is 0.206 e. The Bertz CT molecular complexity index is 821. The van der Waals surface area contributed by atoms with Gasteiger partial charge < -0.3 is 0 Å². The van der Waals surface area contributed by atoms with Crippen molar-refractivity contribution in [2.24, 2.45) is 5.92 Å². The Kier molecular flexibility index (Phi) is 7.05. The third-order valence-electron chi connectivity index (χ3n) is 5.78. The van der Waals surface area contributed by atoms with Gasteiger partial charge in [0, 0.05) is 11.6 Å². The summed E-state index contributed by atoms with van der Waals surface area (Å²) < 4.78 is 51.4. The van der Waals surface area contributed by atoms with Gasteiger partial charge in [0.2, 0.25) is 0 Å². The van der Waals surface area contributed by atoms with Crippen LogP contribution in [0.4, 0.5) is 17.6 Å². The molecular formula is C24H25ClF4. The van der Waals surface area contributed by atoms with Gasteiger partial charge in [-0.05, 0) is 72.4 Å². The molecule has 1 aliphatic carbocycles. The molecule has 29 heavy (non-hydrogen) atoms. The molecule has 0 nitrogen and oxygen atoms in total. The first-order chi connectivity index (χ1) is 13.8. The summed E-state index contributed by atoms with van der Waals surface area (Å²) in [5, 5.41) is -0.0428. The molecule has 3 rings (SSSR count). The lowest BCUT2D eigenvalue weighted by atomic mass is 9.77. The van der Waals surface area contributed by atoms with Crippen molar-refractivity contribution in [2.75, 3.05) is 0 Å². The molecule has 0 bridgehead atoms. The molecule has 156 valence electrons. The number of hydrogen-bond donors (Lipinski definition) is 0. The van der Waals surface area contributed by atoms with Gasteiger partial charge in [-0.2, -0.15) is 13.2 Å². The first-order valence-corrected chi connectivity index (χ1v) is 10.5. The summed E-state index contributed by atoms with van der Waals surface area (Å²) >= 11 is 6.05. The van der Waals surface area contributed by atoms with E-state index in [0.717, 1.165) is 11.5 Å². The van der Waals surface area contributed by atoms with E-state index >= 15 is 0 Å². The van der Waals surface area contributed by atoms with Crippen molar-refractivity contribution in [3.63, 3.8) is 0 Å². The summed E-state index contributed by atoms with van der Waals surface area (Å²) in [6, 6.07) is 10.7. The molecule has 0 spiro atoms. The second kappa shape index (κ2) is 9.34. The minimum atomic E-state index is -4.51. The Morgan fingerprint density at radius 3 is 2.21 bits per heavy atom. The minimum Gasteiger partial charge on any atom is -0.206 e. The van der Waals surface area contributed by atoms with Gasteiger partial charge in [-0.25, -0.2) is 4.39 Å². The molecule has 0 atom stereocenters. The zero-order valence-electron chi connectivity index (χ0n) is 16.4. The predicted octanol–water partition coefficient (Wildman–Crippen LogP) is 8.80. The van der Waals surface area contributed by atoms with Crippen LogP contribution in [0.15, 0.2) is 42.5 Å². The van der Waals surface area contributed by atoms with E-state index in [0.29, 0.717) is 17.6 Å². The molecule has 0 unspecified atom stereocenters. The maximum Gasteiger partial charge on any atom is 0.409 e. The van der Waals surface area contributed by atoms with Crippen molar-refractivity contribution in [3.05, 3.63) is 64.4 Å². The molecule has 2 aromatic carbocycles. The fraction of sp³-hybridized carbons (Fsp3) is 0.417. The zero-order chi connectivity index (χ0) is 21.0. The Balaban J connectivity index is 1.74. The monoisotopic (exact) mass is 424 g/mol. The van der Waals surface area contributed by atoms with Crippen LogP contribution < -0.4 is 0 Å². The fourth-order valence-corrected chi connectivity index (χ4v) is 4.50. The van der Waals surface area contributed by atoms with Crippen LogP contribution in [-0.2, 0) is 0 Å². The van der Waals surface area contributed by atoms with Gasteiger partial charge in [-0.3, -0.25) is 0 Å². The standard InChI is InChI=1S/C24H25ClF4/c1-2-3-16-4-6-17(7-5-16)18-8-10-19(11-9-18)20-14-22(25)21(23(26)15-20)12-13-24(27,28)29/h8-17H,2-7H2,1H3. The second-order valence-electron chi connectivity index (χ2n) is 7.86. The van der Waals surface area contributed by atoms with Gasteiger partial charge in [-0.1, -0.05) is 55.6 Å². The number of rotatable bonds is 5. The van der Waals surface area contributed by atoms with Crippen molar-refractivity contribution in [1.29, 1.82) is 0 Å². The van der Waals surface area contributed by atoms with Gasteiger partial charge in [-0.15, -0.1) is 0 Å². The normalized spacial score (nSPS) is 20.3. The number of alkyl halides is 3. The minimum absolute atomic E-state index is 0.0129. The molecule has 1 saturated carbocycles. The maximum atomic E-state index is 14.3. The lowest BCUT2D eigenvalue weighted by Gasteiger charge is -2.28.